The average Bonchev–Trinajstić information content (AvgIpc) is 2.50. The van der Waals surface area contributed by atoms with Gasteiger partial charge in [-0.2, -0.15) is 0 Å². The fraction of sp³-hybridized carbons (Fsp3) is 0.222. The summed E-state index contributed by atoms with van der Waals surface area (Å²) in [7, 11) is 3.48. The fourth-order valence-electron chi connectivity index (χ4n) is 2.88. The standard InChI is InChI=1S/C18H23N3O/c1-5-12-11-16(22-4)14-9-7-8-10-15(14)18(21(3)20)17(19)13(12)6-2/h5-10,16H,1-2,11,19-20H2,3-4H3/b13-12-,18-17-. The van der Waals surface area contributed by atoms with Gasteiger partial charge in [-0.1, -0.05) is 49.6 Å². The number of hydrogen-bond acceptors (Lipinski definition) is 4. The maximum Gasteiger partial charge on any atom is 0.0868 e. The SMILES string of the molecule is C=C/C1=C(C=C)/C(N)=C(/N(C)N)c2ccccc2C(OC)C1. The lowest BCUT2D eigenvalue weighted by atomic mass is 9.87. The molecular weight excluding hydrogens is 274 g/mol. The lowest BCUT2D eigenvalue weighted by molar-refractivity contribution is 0.104. The predicted molar refractivity (Wildman–Crippen MR) is 91.3 cm³/mol. The van der Waals surface area contributed by atoms with Crippen LogP contribution in [0.4, 0.5) is 0 Å². The average molecular weight is 297 g/mol. The molecule has 4 nitrogen and oxygen atoms in total. The molecule has 116 valence electrons. The van der Waals surface area contributed by atoms with Gasteiger partial charge in [-0.3, -0.25) is 0 Å². The van der Waals surface area contributed by atoms with Crippen molar-refractivity contribution in [3.8, 4) is 0 Å². The van der Waals surface area contributed by atoms with E-state index in [0.717, 1.165) is 28.0 Å². The monoisotopic (exact) mass is 297 g/mol. The highest BCUT2D eigenvalue weighted by Gasteiger charge is 2.25. The van der Waals surface area contributed by atoms with Crippen molar-refractivity contribution in [2.75, 3.05) is 14.2 Å². The summed E-state index contributed by atoms with van der Waals surface area (Å²) >= 11 is 0. The van der Waals surface area contributed by atoms with Gasteiger partial charge in [0.1, 0.15) is 0 Å². The molecule has 0 radical (unpaired) electrons. The van der Waals surface area contributed by atoms with Gasteiger partial charge in [0.05, 0.1) is 17.5 Å². The fourth-order valence-corrected chi connectivity index (χ4v) is 2.88. The third-order valence-corrected chi connectivity index (χ3v) is 3.95. The Labute approximate surface area is 132 Å². The van der Waals surface area contributed by atoms with E-state index in [1.165, 1.54) is 5.01 Å². The minimum Gasteiger partial charge on any atom is -0.396 e. The third kappa shape index (κ3) is 2.71. The Kier molecular flexibility index (Phi) is 4.85. The molecule has 2 rings (SSSR count). The van der Waals surface area contributed by atoms with Crippen molar-refractivity contribution in [1.82, 2.24) is 5.01 Å². The molecule has 0 aliphatic heterocycles. The number of ether oxygens (including phenoxy) is 1. The molecule has 4 heteroatoms. The van der Waals surface area contributed by atoms with Crippen LogP contribution in [0.5, 0.6) is 0 Å². The van der Waals surface area contributed by atoms with Crippen LogP contribution in [0.2, 0.25) is 0 Å². The zero-order valence-corrected chi connectivity index (χ0v) is 13.2. The topological polar surface area (TPSA) is 64.5 Å². The summed E-state index contributed by atoms with van der Waals surface area (Å²) in [4.78, 5) is 0. The maximum absolute atomic E-state index is 6.41. The largest absolute Gasteiger partial charge is 0.396 e. The third-order valence-electron chi connectivity index (χ3n) is 3.95. The molecule has 0 spiro atoms. The second-order valence-corrected chi connectivity index (χ2v) is 5.24. The molecule has 1 aromatic carbocycles. The van der Waals surface area contributed by atoms with Crippen LogP contribution >= 0.6 is 0 Å². The molecule has 4 N–H and O–H groups in total. The number of fused-ring (bicyclic) bond motifs is 1. The van der Waals surface area contributed by atoms with E-state index in [4.69, 9.17) is 16.3 Å². The van der Waals surface area contributed by atoms with Crippen molar-refractivity contribution in [3.05, 3.63) is 77.5 Å². The first-order valence-electron chi connectivity index (χ1n) is 7.13. The van der Waals surface area contributed by atoms with Crippen LogP contribution < -0.4 is 11.6 Å². The van der Waals surface area contributed by atoms with E-state index in [9.17, 15) is 0 Å². The molecule has 0 saturated heterocycles. The molecule has 1 atom stereocenters. The first kappa shape index (κ1) is 16.1. The van der Waals surface area contributed by atoms with E-state index >= 15 is 0 Å². The Bertz CT molecular complexity index is 656. The molecule has 1 aliphatic carbocycles. The highest BCUT2D eigenvalue weighted by Crippen LogP contribution is 2.37. The van der Waals surface area contributed by atoms with Gasteiger partial charge in [0.25, 0.3) is 0 Å². The van der Waals surface area contributed by atoms with Gasteiger partial charge in [-0.25, -0.2) is 5.84 Å². The minimum absolute atomic E-state index is 0.0952. The Hall–Kier alpha value is -2.30. The summed E-state index contributed by atoms with van der Waals surface area (Å²) in [5.41, 5.74) is 11.6. The van der Waals surface area contributed by atoms with Crippen LogP contribution in [0.25, 0.3) is 5.70 Å². The van der Waals surface area contributed by atoms with E-state index in [0.29, 0.717) is 12.1 Å². The summed E-state index contributed by atoms with van der Waals surface area (Å²) in [6.45, 7) is 7.79. The van der Waals surface area contributed by atoms with Gasteiger partial charge < -0.3 is 15.5 Å². The van der Waals surface area contributed by atoms with Gasteiger partial charge in [-0.15, -0.1) is 0 Å². The molecular formula is C18H23N3O. The van der Waals surface area contributed by atoms with E-state index in [1.807, 2.05) is 24.3 Å². The molecule has 0 bridgehead atoms. The van der Waals surface area contributed by atoms with Gasteiger partial charge in [0, 0.05) is 31.7 Å². The molecule has 0 fully saturated rings. The molecule has 22 heavy (non-hydrogen) atoms. The minimum atomic E-state index is -0.0952. The number of methoxy groups -OCH3 is 1. The highest BCUT2D eigenvalue weighted by molar-refractivity contribution is 5.75. The van der Waals surface area contributed by atoms with Gasteiger partial charge in [0.15, 0.2) is 0 Å². The predicted octanol–water partition coefficient (Wildman–Crippen LogP) is 2.88. The zero-order valence-electron chi connectivity index (χ0n) is 13.2. The molecule has 1 aliphatic rings. The quantitative estimate of drug-likeness (QED) is 0.662. The Morgan fingerprint density at radius 2 is 1.95 bits per heavy atom. The van der Waals surface area contributed by atoms with Crippen LogP contribution in [-0.2, 0) is 4.74 Å². The van der Waals surface area contributed by atoms with E-state index in [2.05, 4.69) is 13.2 Å². The van der Waals surface area contributed by atoms with Crippen molar-refractivity contribution < 1.29 is 4.74 Å². The van der Waals surface area contributed by atoms with Crippen LogP contribution in [-0.4, -0.2) is 19.2 Å². The second kappa shape index (κ2) is 6.64. The summed E-state index contributed by atoms with van der Waals surface area (Å²) in [5, 5.41) is 1.54. The van der Waals surface area contributed by atoms with E-state index in [1.54, 1.807) is 26.3 Å². The van der Waals surface area contributed by atoms with Crippen LogP contribution in [0.15, 0.2) is 66.4 Å². The molecule has 0 aromatic heterocycles. The number of hydrazine groups is 1. The molecule has 0 amide bonds. The molecule has 0 saturated carbocycles. The number of benzene rings is 1. The summed E-state index contributed by atoms with van der Waals surface area (Å²) in [6.07, 6.45) is 4.14. The molecule has 0 heterocycles. The van der Waals surface area contributed by atoms with Crippen molar-refractivity contribution in [1.29, 1.82) is 0 Å². The lowest BCUT2D eigenvalue weighted by Gasteiger charge is -2.29. The van der Waals surface area contributed by atoms with Crippen molar-refractivity contribution in [2.24, 2.45) is 11.6 Å². The second-order valence-electron chi connectivity index (χ2n) is 5.24. The van der Waals surface area contributed by atoms with E-state index in [-0.39, 0.29) is 6.10 Å². The first-order chi connectivity index (χ1) is 10.5. The summed E-state index contributed by atoms with van der Waals surface area (Å²) in [5.74, 6) is 6.06. The van der Waals surface area contributed by atoms with Crippen molar-refractivity contribution >= 4 is 5.70 Å². The van der Waals surface area contributed by atoms with Gasteiger partial charge >= 0.3 is 0 Å². The summed E-state index contributed by atoms with van der Waals surface area (Å²) < 4.78 is 5.70. The van der Waals surface area contributed by atoms with Gasteiger partial charge in [0.2, 0.25) is 0 Å². The van der Waals surface area contributed by atoms with Crippen LogP contribution in [0.1, 0.15) is 23.7 Å². The van der Waals surface area contributed by atoms with Gasteiger partial charge in [-0.05, 0) is 11.1 Å². The number of rotatable bonds is 4. The number of nitrogens with two attached hydrogens (primary N) is 2. The number of hydrogen-bond donors (Lipinski definition) is 2. The number of allylic oxidation sites excluding steroid dienone is 2. The Morgan fingerprint density at radius 1 is 1.27 bits per heavy atom. The smallest absolute Gasteiger partial charge is 0.0868 e. The Morgan fingerprint density at radius 3 is 2.50 bits per heavy atom. The van der Waals surface area contributed by atoms with Crippen molar-refractivity contribution in [2.45, 2.75) is 12.5 Å². The maximum atomic E-state index is 6.41. The zero-order chi connectivity index (χ0) is 16.3. The molecule has 1 aromatic rings. The van der Waals surface area contributed by atoms with Crippen molar-refractivity contribution in [3.63, 3.8) is 0 Å². The number of nitrogens with zero attached hydrogens (tertiary/aromatic N) is 1. The van der Waals surface area contributed by atoms with Crippen LogP contribution in [0, 0.1) is 0 Å². The highest BCUT2D eigenvalue weighted by atomic mass is 16.5. The van der Waals surface area contributed by atoms with Crippen LogP contribution in [0.3, 0.4) is 0 Å². The normalized spacial score (nSPS) is 25.0. The first-order valence-corrected chi connectivity index (χ1v) is 7.13. The van der Waals surface area contributed by atoms with E-state index < -0.39 is 0 Å². The molecule has 1 unspecified atom stereocenters. The summed E-state index contributed by atoms with van der Waals surface area (Å²) in [6, 6.07) is 8.00. The Balaban J connectivity index is 2.86. The lowest BCUT2D eigenvalue weighted by Crippen LogP contribution is -2.29.